The van der Waals surface area contributed by atoms with Crippen molar-refractivity contribution in [3.05, 3.63) is 54.6 Å². The Kier molecular flexibility index (Phi) is 7.49. The molecule has 2 rings (SSSR count). The van der Waals surface area contributed by atoms with Crippen LogP contribution in [0.25, 0.3) is 0 Å². The van der Waals surface area contributed by atoms with Crippen molar-refractivity contribution in [1.29, 1.82) is 0 Å². The lowest BCUT2D eigenvalue weighted by atomic mass is 10.2. The van der Waals surface area contributed by atoms with Crippen LogP contribution in [-0.2, 0) is 29.1 Å². The van der Waals surface area contributed by atoms with Crippen LogP contribution in [0.4, 0.5) is 11.4 Å². The first-order valence-electron chi connectivity index (χ1n) is 8.79. The van der Waals surface area contributed by atoms with Gasteiger partial charge in [-0.2, -0.15) is 0 Å². The second-order valence-electron chi connectivity index (χ2n) is 6.25. The summed E-state index contributed by atoms with van der Waals surface area (Å²) < 4.78 is 31.6. The first kappa shape index (κ1) is 22.1. The van der Waals surface area contributed by atoms with E-state index in [-0.39, 0.29) is 29.2 Å². The molecule has 1 N–H and O–H groups in total. The summed E-state index contributed by atoms with van der Waals surface area (Å²) in [5.74, 6) is -1.42. The Hall–Kier alpha value is -3.20. The number of anilines is 2. The van der Waals surface area contributed by atoms with Crippen LogP contribution in [0.5, 0.6) is 0 Å². The van der Waals surface area contributed by atoms with E-state index in [4.69, 9.17) is 4.74 Å². The van der Waals surface area contributed by atoms with E-state index in [9.17, 15) is 22.8 Å². The quantitative estimate of drug-likeness (QED) is 0.626. The summed E-state index contributed by atoms with van der Waals surface area (Å²) >= 11 is 0. The first-order valence-corrected chi connectivity index (χ1v) is 10.2. The number of esters is 1. The average molecular weight is 418 g/mol. The lowest BCUT2D eigenvalue weighted by Gasteiger charge is -2.19. The van der Waals surface area contributed by atoms with Gasteiger partial charge in [0.05, 0.1) is 17.0 Å². The topological polar surface area (TPSA) is 110 Å². The van der Waals surface area contributed by atoms with Crippen molar-refractivity contribution >= 4 is 39.1 Å². The van der Waals surface area contributed by atoms with Gasteiger partial charge >= 0.3 is 5.97 Å². The van der Waals surface area contributed by atoms with Gasteiger partial charge in [0.1, 0.15) is 5.78 Å². The Morgan fingerprint density at radius 2 is 1.69 bits per heavy atom. The number of para-hydroxylation sites is 1. The molecule has 1 amide bonds. The second kappa shape index (κ2) is 9.83. The van der Waals surface area contributed by atoms with Gasteiger partial charge < -0.3 is 14.8 Å². The molecule has 0 fully saturated rings. The molecule has 0 bridgehead atoms. The third-order valence-electron chi connectivity index (χ3n) is 3.94. The molecule has 154 valence electrons. The summed E-state index contributed by atoms with van der Waals surface area (Å²) in [5.41, 5.74) is 0.747. The van der Waals surface area contributed by atoms with E-state index < -0.39 is 28.5 Å². The summed E-state index contributed by atoms with van der Waals surface area (Å²) in [6.07, 6.45) is -0.0442. The number of hydrogen-bond acceptors (Lipinski definition) is 6. The van der Waals surface area contributed by atoms with E-state index >= 15 is 0 Å². The molecule has 29 heavy (non-hydrogen) atoms. The maximum atomic E-state index is 12.8. The summed E-state index contributed by atoms with van der Waals surface area (Å²) in [7, 11) is -2.39. The number of sulfonamides is 1. The fraction of sp³-hybridized carbons (Fsp3) is 0.250. The van der Waals surface area contributed by atoms with Gasteiger partial charge in [0.25, 0.3) is 15.9 Å². The van der Waals surface area contributed by atoms with Gasteiger partial charge in [-0.3, -0.25) is 13.9 Å². The fourth-order valence-corrected chi connectivity index (χ4v) is 3.60. The van der Waals surface area contributed by atoms with Crippen LogP contribution in [-0.4, -0.2) is 39.7 Å². The Labute approximate surface area is 169 Å². The molecule has 0 aliphatic rings. The molecule has 0 aliphatic heterocycles. The van der Waals surface area contributed by atoms with Gasteiger partial charge in [0.2, 0.25) is 0 Å². The van der Waals surface area contributed by atoms with Gasteiger partial charge in [-0.25, -0.2) is 8.42 Å². The van der Waals surface area contributed by atoms with Crippen molar-refractivity contribution in [1.82, 2.24) is 0 Å². The summed E-state index contributed by atoms with van der Waals surface area (Å²) in [4.78, 5) is 34.3. The summed E-state index contributed by atoms with van der Waals surface area (Å²) in [6, 6.07) is 14.4. The van der Waals surface area contributed by atoms with Gasteiger partial charge in [-0.05, 0) is 37.3 Å². The van der Waals surface area contributed by atoms with E-state index in [1.807, 2.05) is 0 Å². The first-order chi connectivity index (χ1) is 13.7. The number of nitrogens with zero attached hydrogens (tertiary/aromatic N) is 1. The van der Waals surface area contributed by atoms with Gasteiger partial charge in [0.15, 0.2) is 6.61 Å². The number of ether oxygens (including phenoxy) is 1. The molecular formula is C20H22N2O6S. The molecule has 8 nitrogen and oxygen atoms in total. The zero-order valence-corrected chi connectivity index (χ0v) is 16.9. The van der Waals surface area contributed by atoms with Crippen LogP contribution in [0, 0.1) is 0 Å². The van der Waals surface area contributed by atoms with E-state index in [1.165, 1.54) is 38.2 Å². The average Bonchev–Trinajstić information content (AvgIpc) is 2.71. The number of benzene rings is 2. The SMILES string of the molecule is CC(=O)CCC(=O)OCC(=O)Nc1cccc(S(=O)(=O)N(C)c2ccccc2)c1. The van der Waals surface area contributed by atoms with Crippen molar-refractivity contribution in [2.45, 2.75) is 24.7 Å². The van der Waals surface area contributed by atoms with E-state index in [0.717, 1.165) is 4.31 Å². The molecule has 0 aromatic heterocycles. The third kappa shape index (κ3) is 6.42. The van der Waals surface area contributed by atoms with Crippen LogP contribution in [0.15, 0.2) is 59.5 Å². The minimum absolute atomic E-state index is 0.0000982. The maximum Gasteiger partial charge on any atom is 0.306 e. The predicted molar refractivity (Wildman–Crippen MR) is 108 cm³/mol. The number of nitrogens with one attached hydrogen (secondary N) is 1. The van der Waals surface area contributed by atoms with Crippen molar-refractivity contribution in [3.63, 3.8) is 0 Å². The highest BCUT2D eigenvalue weighted by molar-refractivity contribution is 7.92. The molecule has 0 atom stereocenters. The lowest BCUT2D eigenvalue weighted by molar-refractivity contribution is -0.148. The molecule has 0 heterocycles. The number of amides is 1. The standard InChI is InChI=1S/C20H22N2O6S/c1-15(23)11-12-20(25)28-14-19(24)21-16-7-6-10-18(13-16)29(26,27)22(2)17-8-4-3-5-9-17/h3-10,13H,11-12,14H2,1-2H3,(H,21,24). The van der Waals surface area contributed by atoms with Crippen molar-refractivity contribution in [2.24, 2.45) is 0 Å². The Balaban J connectivity index is 2.02. The van der Waals surface area contributed by atoms with Crippen molar-refractivity contribution < 1.29 is 27.5 Å². The highest BCUT2D eigenvalue weighted by Crippen LogP contribution is 2.23. The number of ketones is 1. The van der Waals surface area contributed by atoms with Gasteiger partial charge in [-0.1, -0.05) is 24.3 Å². The highest BCUT2D eigenvalue weighted by Gasteiger charge is 2.21. The summed E-state index contributed by atoms with van der Waals surface area (Å²) in [6.45, 7) is 0.827. The molecule has 0 unspecified atom stereocenters. The van der Waals surface area contributed by atoms with Crippen LogP contribution >= 0.6 is 0 Å². The molecule has 0 saturated heterocycles. The zero-order chi connectivity index (χ0) is 21.4. The van der Waals surface area contributed by atoms with Gasteiger partial charge in [-0.15, -0.1) is 0 Å². The Morgan fingerprint density at radius 3 is 2.34 bits per heavy atom. The molecule has 0 spiro atoms. The van der Waals surface area contributed by atoms with E-state index in [2.05, 4.69) is 5.32 Å². The Bertz CT molecular complexity index is 989. The lowest BCUT2D eigenvalue weighted by Crippen LogP contribution is -2.26. The smallest absolute Gasteiger partial charge is 0.306 e. The second-order valence-corrected chi connectivity index (χ2v) is 8.22. The van der Waals surface area contributed by atoms with Crippen LogP contribution in [0.3, 0.4) is 0 Å². The Morgan fingerprint density at radius 1 is 1.00 bits per heavy atom. The van der Waals surface area contributed by atoms with Crippen LogP contribution in [0.2, 0.25) is 0 Å². The van der Waals surface area contributed by atoms with Crippen LogP contribution < -0.4 is 9.62 Å². The number of hydrogen-bond donors (Lipinski definition) is 1. The number of carbonyl (C=O) groups is 3. The molecule has 0 saturated carbocycles. The molecule has 0 aliphatic carbocycles. The number of Topliss-reactive ketones (excluding diaryl/α,β-unsaturated/α-hetero) is 1. The fourth-order valence-electron chi connectivity index (χ4n) is 2.36. The molecule has 9 heteroatoms. The minimum atomic E-state index is -3.83. The molecule has 2 aromatic carbocycles. The maximum absolute atomic E-state index is 12.8. The number of rotatable bonds is 9. The molecule has 0 radical (unpaired) electrons. The van der Waals surface area contributed by atoms with Crippen LogP contribution in [0.1, 0.15) is 19.8 Å². The monoisotopic (exact) mass is 418 g/mol. The normalized spacial score (nSPS) is 10.8. The van der Waals surface area contributed by atoms with E-state index in [0.29, 0.717) is 5.69 Å². The van der Waals surface area contributed by atoms with Crippen molar-refractivity contribution in [2.75, 3.05) is 23.3 Å². The molecule has 2 aromatic rings. The molecular weight excluding hydrogens is 396 g/mol. The zero-order valence-electron chi connectivity index (χ0n) is 16.1. The third-order valence-corrected chi connectivity index (χ3v) is 5.72. The predicted octanol–water partition coefficient (Wildman–Crippen LogP) is 2.36. The largest absolute Gasteiger partial charge is 0.456 e. The highest BCUT2D eigenvalue weighted by atomic mass is 32.2. The number of carbonyl (C=O) groups excluding carboxylic acids is 3. The van der Waals surface area contributed by atoms with Gasteiger partial charge in [0, 0.05) is 19.2 Å². The summed E-state index contributed by atoms with van der Waals surface area (Å²) in [5, 5.41) is 2.49. The minimum Gasteiger partial charge on any atom is -0.456 e. The van der Waals surface area contributed by atoms with Crippen molar-refractivity contribution in [3.8, 4) is 0 Å². The van der Waals surface area contributed by atoms with E-state index in [1.54, 1.807) is 30.3 Å².